The zero-order valence-corrected chi connectivity index (χ0v) is 12.7. The lowest BCUT2D eigenvalue weighted by Crippen LogP contribution is -2.34. The second-order valence-electron chi connectivity index (χ2n) is 6.51. The molecule has 4 atom stereocenters. The fraction of sp³-hybridized carbons (Fsp3) is 0.444. The molecule has 2 amide bonds. The molecule has 5 nitrogen and oxygen atoms in total. The Labute approximate surface area is 134 Å². The van der Waals surface area contributed by atoms with Crippen LogP contribution in [0.5, 0.6) is 0 Å². The van der Waals surface area contributed by atoms with Crippen LogP contribution in [0.4, 0.5) is 0 Å². The summed E-state index contributed by atoms with van der Waals surface area (Å²) >= 11 is 0. The number of aliphatic hydroxyl groups excluding tert-OH is 1. The number of nitrogens with zero attached hydrogens (tertiary/aromatic N) is 1. The largest absolute Gasteiger partial charge is 0.481 e. The summed E-state index contributed by atoms with van der Waals surface area (Å²) in [6.07, 6.45) is 12.8. The summed E-state index contributed by atoms with van der Waals surface area (Å²) < 4.78 is 5.28. The molecule has 1 N–H and O–H groups in total. The second kappa shape index (κ2) is 5.41. The highest BCUT2D eigenvalue weighted by atomic mass is 16.6. The smallest absolute Gasteiger partial charge is 0.284 e. The van der Waals surface area contributed by atoms with Crippen molar-refractivity contribution in [3.8, 4) is 0 Å². The molecule has 0 radical (unpaired) electrons. The van der Waals surface area contributed by atoms with Crippen LogP contribution < -0.4 is 0 Å². The topological polar surface area (TPSA) is 66.8 Å². The van der Waals surface area contributed by atoms with Crippen molar-refractivity contribution in [2.75, 3.05) is 13.2 Å². The quantitative estimate of drug-likeness (QED) is 0.365. The van der Waals surface area contributed by atoms with Gasteiger partial charge in [-0.3, -0.25) is 14.5 Å². The summed E-state index contributed by atoms with van der Waals surface area (Å²) in [4.78, 5) is 26.3. The fourth-order valence-corrected chi connectivity index (χ4v) is 4.18. The lowest BCUT2D eigenvalue weighted by molar-refractivity contribution is -0.140. The Morgan fingerprint density at radius 3 is 2.35 bits per heavy atom. The molecule has 2 fully saturated rings. The van der Waals surface area contributed by atoms with Gasteiger partial charge in [-0.1, -0.05) is 24.3 Å². The summed E-state index contributed by atoms with van der Waals surface area (Å²) in [6.45, 7) is 0.632. The van der Waals surface area contributed by atoms with Crippen molar-refractivity contribution in [2.24, 2.45) is 23.7 Å². The number of carbonyl (C=O) groups excluding carboxylic acids is 2. The molecule has 1 saturated carbocycles. The van der Waals surface area contributed by atoms with Crippen molar-refractivity contribution < 1.29 is 19.4 Å². The average molecular weight is 313 g/mol. The average Bonchev–Trinajstić information content (AvgIpc) is 3.30. The number of aliphatic hydroxyl groups is 1. The standard InChI is InChI=1S/C18H19NO4/c20-16-14-12-6-7-13(10-12)15(14)17(21)19(16)8-3-9-23-18(22)11-4-1-2-5-11/h1-2,4-7,12-15,22H,3,8-10H2. The predicted molar refractivity (Wildman–Crippen MR) is 82.9 cm³/mol. The summed E-state index contributed by atoms with van der Waals surface area (Å²) in [5, 5.41) is 9.75. The summed E-state index contributed by atoms with van der Waals surface area (Å²) in [7, 11) is 0. The highest BCUT2D eigenvalue weighted by Gasteiger charge is 2.58. The van der Waals surface area contributed by atoms with Crippen molar-refractivity contribution in [3.05, 3.63) is 48.0 Å². The molecule has 1 heterocycles. The number of hydrogen-bond donors (Lipinski definition) is 1. The molecule has 0 aromatic rings. The van der Waals surface area contributed by atoms with Crippen LogP contribution in [0, 0.1) is 23.7 Å². The number of carbonyl (C=O) groups is 2. The van der Waals surface area contributed by atoms with E-state index in [1.54, 1.807) is 12.2 Å². The van der Waals surface area contributed by atoms with Gasteiger partial charge in [0.15, 0.2) is 0 Å². The number of likely N-dealkylation sites (tertiary alicyclic amines) is 1. The Morgan fingerprint density at radius 2 is 1.74 bits per heavy atom. The molecule has 3 aliphatic carbocycles. The highest BCUT2D eigenvalue weighted by Crippen LogP contribution is 2.52. The monoisotopic (exact) mass is 313 g/mol. The Morgan fingerprint density at radius 1 is 1.13 bits per heavy atom. The maximum Gasteiger partial charge on any atom is 0.284 e. The number of rotatable bonds is 5. The van der Waals surface area contributed by atoms with Crippen LogP contribution >= 0.6 is 0 Å². The van der Waals surface area contributed by atoms with Crippen LogP contribution in [-0.2, 0) is 14.3 Å². The number of amides is 2. The minimum atomic E-state index is -0.136. The van der Waals surface area contributed by atoms with E-state index in [9.17, 15) is 14.7 Å². The van der Waals surface area contributed by atoms with E-state index in [2.05, 4.69) is 12.2 Å². The first kappa shape index (κ1) is 14.3. The molecule has 1 saturated heterocycles. The molecule has 0 aromatic heterocycles. The lowest BCUT2D eigenvalue weighted by Gasteiger charge is -2.17. The van der Waals surface area contributed by atoms with Crippen LogP contribution in [0.2, 0.25) is 0 Å². The lowest BCUT2D eigenvalue weighted by atomic mass is 9.85. The van der Waals surface area contributed by atoms with Gasteiger partial charge in [0, 0.05) is 6.54 Å². The summed E-state index contributed by atoms with van der Waals surface area (Å²) in [6, 6.07) is 0. The Bertz CT molecular complexity index is 629. The molecule has 23 heavy (non-hydrogen) atoms. The minimum absolute atomic E-state index is 0.0268. The van der Waals surface area contributed by atoms with Gasteiger partial charge in [0.25, 0.3) is 5.95 Å². The number of fused-ring (bicyclic) bond motifs is 5. The summed E-state index contributed by atoms with van der Waals surface area (Å²) in [5.74, 6) is 0.0515. The van der Waals surface area contributed by atoms with Gasteiger partial charge in [-0.05, 0) is 36.8 Å². The summed E-state index contributed by atoms with van der Waals surface area (Å²) in [5.41, 5.74) is 0.635. The van der Waals surface area contributed by atoms with E-state index < -0.39 is 0 Å². The van der Waals surface area contributed by atoms with Crippen LogP contribution in [0.1, 0.15) is 12.8 Å². The first-order valence-corrected chi connectivity index (χ1v) is 8.11. The van der Waals surface area contributed by atoms with Gasteiger partial charge in [0.05, 0.1) is 24.0 Å². The molecular formula is C18H19NO4. The van der Waals surface area contributed by atoms with Crippen molar-refractivity contribution in [1.82, 2.24) is 4.90 Å². The third-order valence-electron chi connectivity index (χ3n) is 5.24. The molecule has 0 aromatic carbocycles. The zero-order chi connectivity index (χ0) is 16.0. The zero-order valence-electron chi connectivity index (χ0n) is 12.7. The fourth-order valence-electron chi connectivity index (χ4n) is 4.18. The third-order valence-corrected chi connectivity index (χ3v) is 5.24. The SMILES string of the molecule is O=C1C2C3C=CC(C3)C2C(=O)N1CCCOC(O)=C1C=CC=C1. The van der Waals surface area contributed by atoms with Gasteiger partial charge in [0.1, 0.15) is 0 Å². The van der Waals surface area contributed by atoms with Crippen LogP contribution in [0.15, 0.2) is 48.0 Å². The molecule has 4 aliphatic rings. The van der Waals surface area contributed by atoms with E-state index in [4.69, 9.17) is 4.74 Å². The first-order chi connectivity index (χ1) is 11.2. The van der Waals surface area contributed by atoms with Crippen molar-refractivity contribution in [3.63, 3.8) is 0 Å². The highest BCUT2D eigenvalue weighted by molar-refractivity contribution is 6.06. The molecule has 2 bridgehead atoms. The maximum atomic E-state index is 12.5. The van der Waals surface area contributed by atoms with E-state index in [0.717, 1.165) is 6.42 Å². The van der Waals surface area contributed by atoms with Gasteiger partial charge in [-0.15, -0.1) is 0 Å². The first-order valence-electron chi connectivity index (χ1n) is 8.11. The van der Waals surface area contributed by atoms with Gasteiger partial charge >= 0.3 is 0 Å². The van der Waals surface area contributed by atoms with E-state index in [0.29, 0.717) is 18.5 Å². The molecule has 120 valence electrons. The number of allylic oxidation sites excluding steroid dienone is 7. The van der Waals surface area contributed by atoms with Crippen molar-refractivity contribution in [1.29, 1.82) is 0 Å². The van der Waals surface area contributed by atoms with E-state index in [1.807, 2.05) is 12.2 Å². The number of hydrogen-bond acceptors (Lipinski definition) is 4. The van der Waals surface area contributed by atoms with Gasteiger partial charge in [-0.2, -0.15) is 0 Å². The predicted octanol–water partition coefficient (Wildman–Crippen LogP) is 2.10. The molecule has 0 spiro atoms. The van der Waals surface area contributed by atoms with Crippen LogP contribution in [0.25, 0.3) is 0 Å². The molecular weight excluding hydrogens is 294 g/mol. The van der Waals surface area contributed by atoms with Crippen molar-refractivity contribution >= 4 is 11.8 Å². The Kier molecular flexibility index (Phi) is 3.36. The molecule has 4 unspecified atom stereocenters. The maximum absolute atomic E-state index is 12.5. The molecule has 4 rings (SSSR count). The third kappa shape index (κ3) is 2.22. The van der Waals surface area contributed by atoms with Gasteiger partial charge in [-0.25, -0.2) is 0 Å². The van der Waals surface area contributed by atoms with E-state index in [-0.39, 0.29) is 48.0 Å². The Hall–Kier alpha value is -2.30. The number of imide groups is 1. The van der Waals surface area contributed by atoms with E-state index in [1.165, 1.54) is 4.90 Å². The van der Waals surface area contributed by atoms with E-state index >= 15 is 0 Å². The van der Waals surface area contributed by atoms with Crippen LogP contribution in [-0.4, -0.2) is 35.0 Å². The van der Waals surface area contributed by atoms with Crippen LogP contribution in [0.3, 0.4) is 0 Å². The van der Waals surface area contributed by atoms with Gasteiger partial charge < -0.3 is 9.84 Å². The van der Waals surface area contributed by atoms with Crippen molar-refractivity contribution in [2.45, 2.75) is 12.8 Å². The second-order valence-corrected chi connectivity index (χ2v) is 6.51. The Balaban J connectivity index is 1.31. The molecule has 5 heteroatoms. The number of ether oxygens (including phenoxy) is 1. The van der Waals surface area contributed by atoms with Gasteiger partial charge in [0.2, 0.25) is 11.8 Å². The normalized spacial score (nSPS) is 33.2. The minimum Gasteiger partial charge on any atom is -0.481 e. The molecule has 1 aliphatic heterocycles.